The third-order valence-corrected chi connectivity index (χ3v) is 5.75. The molecule has 2 saturated heterocycles. The first-order valence-electron chi connectivity index (χ1n) is 6.85. The van der Waals surface area contributed by atoms with Crippen molar-refractivity contribution in [3.05, 3.63) is 22.4 Å². The third-order valence-electron chi connectivity index (χ3n) is 4.88. The first-order chi connectivity index (χ1) is 8.31. The van der Waals surface area contributed by atoms with Crippen LogP contribution in [0, 0.1) is 5.92 Å². The van der Waals surface area contributed by atoms with Crippen LogP contribution in [0.1, 0.15) is 37.0 Å². The van der Waals surface area contributed by atoms with Crippen LogP contribution in [0.15, 0.2) is 17.5 Å². The average molecular weight is 248 g/mol. The van der Waals surface area contributed by atoms with Crippen molar-refractivity contribution in [1.82, 2.24) is 10.6 Å². The molecule has 2 nitrogen and oxygen atoms in total. The zero-order valence-electron chi connectivity index (χ0n) is 10.1. The summed E-state index contributed by atoms with van der Waals surface area (Å²) in [6.45, 7) is 1.07. The molecule has 0 spiro atoms. The smallest absolute Gasteiger partial charge is 0.0304 e. The van der Waals surface area contributed by atoms with Gasteiger partial charge in [0.05, 0.1) is 0 Å². The van der Waals surface area contributed by atoms with Crippen molar-refractivity contribution in [3.63, 3.8) is 0 Å². The standard InChI is InChI=1S/C14H20N2S/c1-2-13(17-3-1)9-15-14-6-10-4-11(7-14)16-12(5-10)8-14/h1-3,10-12,15-16H,4-9H2. The molecule has 0 amide bonds. The minimum atomic E-state index is 0.464. The Balaban J connectivity index is 1.49. The predicted octanol–water partition coefficient (Wildman–Crippen LogP) is 2.51. The summed E-state index contributed by atoms with van der Waals surface area (Å²) >= 11 is 1.87. The molecular formula is C14H20N2S. The van der Waals surface area contributed by atoms with E-state index in [1.807, 2.05) is 11.3 Å². The molecule has 1 aromatic rings. The van der Waals surface area contributed by atoms with Crippen LogP contribution in [-0.2, 0) is 6.54 Å². The Morgan fingerprint density at radius 2 is 2.12 bits per heavy atom. The second-order valence-electron chi connectivity index (χ2n) is 6.22. The molecule has 1 aromatic heterocycles. The van der Waals surface area contributed by atoms with E-state index in [0.29, 0.717) is 5.54 Å². The van der Waals surface area contributed by atoms with Gasteiger partial charge in [-0.3, -0.25) is 0 Å². The number of hydrogen-bond donors (Lipinski definition) is 2. The molecule has 4 fully saturated rings. The van der Waals surface area contributed by atoms with Crippen molar-refractivity contribution in [3.8, 4) is 0 Å². The highest BCUT2D eigenvalue weighted by Crippen LogP contribution is 2.47. The summed E-state index contributed by atoms with van der Waals surface area (Å²) in [4.78, 5) is 1.48. The van der Waals surface area contributed by atoms with Crippen molar-refractivity contribution in [2.24, 2.45) is 5.92 Å². The Hall–Kier alpha value is -0.380. The Morgan fingerprint density at radius 1 is 1.29 bits per heavy atom. The number of hydrogen-bond acceptors (Lipinski definition) is 3. The maximum absolute atomic E-state index is 3.90. The van der Waals surface area contributed by atoms with Crippen LogP contribution < -0.4 is 10.6 Å². The fourth-order valence-electron chi connectivity index (χ4n) is 4.47. The Kier molecular flexibility index (Phi) is 2.36. The quantitative estimate of drug-likeness (QED) is 0.859. The minimum absolute atomic E-state index is 0.464. The van der Waals surface area contributed by atoms with E-state index in [1.54, 1.807) is 0 Å². The lowest BCUT2D eigenvalue weighted by molar-refractivity contribution is 0.0151. The lowest BCUT2D eigenvalue weighted by atomic mass is 9.60. The maximum atomic E-state index is 3.90. The molecule has 2 N–H and O–H groups in total. The van der Waals surface area contributed by atoms with Crippen LogP contribution in [-0.4, -0.2) is 17.6 Å². The van der Waals surface area contributed by atoms with E-state index < -0.39 is 0 Å². The monoisotopic (exact) mass is 248 g/mol. The average Bonchev–Trinajstić information content (AvgIpc) is 2.77. The fraction of sp³-hybridized carbons (Fsp3) is 0.714. The summed E-state index contributed by atoms with van der Waals surface area (Å²) in [5, 5.41) is 9.87. The van der Waals surface area contributed by atoms with Crippen molar-refractivity contribution < 1.29 is 0 Å². The first-order valence-corrected chi connectivity index (χ1v) is 7.73. The summed E-state index contributed by atoms with van der Waals surface area (Å²) in [5.74, 6) is 0.990. The van der Waals surface area contributed by atoms with Gasteiger partial charge in [0.25, 0.3) is 0 Å². The highest BCUT2D eigenvalue weighted by molar-refractivity contribution is 7.09. The number of rotatable bonds is 3. The first kappa shape index (κ1) is 10.5. The van der Waals surface area contributed by atoms with Gasteiger partial charge in [-0.05, 0) is 49.5 Å². The van der Waals surface area contributed by atoms with Gasteiger partial charge in [0, 0.05) is 29.0 Å². The molecule has 2 aliphatic heterocycles. The molecular weight excluding hydrogens is 228 g/mol. The Morgan fingerprint density at radius 3 is 2.76 bits per heavy atom. The molecule has 2 aliphatic carbocycles. The molecule has 2 saturated carbocycles. The zero-order valence-corrected chi connectivity index (χ0v) is 10.9. The summed E-state index contributed by atoms with van der Waals surface area (Å²) < 4.78 is 0. The lowest BCUT2D eigenvalue weighted by Gasteiger charge is -2.57. The highest BCUT2D eigenvalue weighted by atomic mass is 32.1. The van der Waals surface area contributed by atoms with Gasteiger partial charge in [0.15, 0.2) is 0 Å². The van der Waals surface area contributed by atoms with E-state index in [-0.39, 0.29) is 0 Å². The minimum Gasteiger partial charge on any atom is -0.311 e. The molecule has 3 heteroatoms. The van der Waals surface area contributed by atoms with Crippen molar-refractivity contribution >= 4 is 11.3 Å². The zero-order chi connectivity index (χ0) is 11.3. The molecule has 92 valence electrons. The lowest BCUT2D eigenvalue weighted by Crippen LogP contribution is -2.67. The largest absolute Gasteiger partial charge is 0.311 e. The van der Waals surface area contributed by atoms with Gasteiger partial charge in [-0.2, -0.15) is 0 Å². The molecule has 5 rings (SSSR count). The van der Waals surface area contributed by atoms with Crippen molar-refractivity contribution in [2.75, 3.05) is 0 Å². The highest BCUT2D eigenvalue weighted by Gasteiger charge is 2.50. The van der Waals surface area contributed by atoms with Gasteiger partial charge in [-0.1, -0.05) is 6.07 Å². The van der Waals surface area contributed by atoms with Gasteiger partial charge in [-0.25, -0.2) is 0 Å². The van der Waals surface area contributed by atoms with Crippen LogP contribution in [0.2, 0.25) is 0 Å². The molecule has 4 aliphatic rings. The normalized spacial score (nSPS) is 43.2. The van der Waals surface area contributed by atoms with E-state index in [1.165, 1.54) is 37.0 Å². The second-order valence-corrected chi connectivity index (χ2v) is 7.26. The Labute approximate surface area is 107 Å². The van der Waals surface area contributed by atoms with Crippen LogP contribution in [0.3, 0.4) is 0 Å². The van der Waals surface area contributed by atoms with Crippen molar-refractivity contribution in [2.45, 2.75) is 56.3 Å². The van der Waals surface area contributed by atoms with Crippen LogP contribution in [0.5, 0.6) is 0 Å². The molecule has 0 radical (unpaired) electrons. The fourth-order valence-corrected chi connectivity index (χ4v) is 5.12. The summed E-state index contributed by atoms with van der Waals surface area (Å²) in [6, 6.07) is 6.01. The second kappa shape index (κ2) is 3.81. The van der Waals surface area contributed by atoms with Crippen LogP contribution in [0.25, 0.3) is 0 Å². The number of thiophene rings is 1. The van der Waals surface area contributed by atoms with E-state index in [0.717, 1.165) is 24.5 Å². The maximum Gasteiger partial charge on any atom is 0.0304 e. The third kappa shape index (κ3) is 1.85. The summed E-state index contributed by atoms with van der Waals surface area (Å²) in [6.07, 6.45) is 6.99. The predicted molar refractivity (Wildman–Crippen MR) is 71.2 cm³/mol. The molecule has 4 bridgehead atoms. The number of nitrogens with one attached hydrogen (secondary N) is 2. The summed E-state index contributed by atoms with van der Waals surface area (Å²) in [7, 11) is 0. The van der Waals surface area contributed by atoms with E-state index >= 15 is 0 Å². The molecule has 0 aromatic carbocycles. The van der Waals surface area contributed by atoms with E-state index in [4.69, 9.17) is 0 Å². The topological polar surface area (TPSA) is 24.1 Å². The van der Waals surface area contributed by atoms with Gasteiger partial charge < -0.3 is 10.6 Å². The molecule has 3 heterocycles. The van der Waals surface area contributed by atoms with Gasteiger partial charge in [-0.15, -0.1) is 11.3 Å². The van der Waals surface area contributed by atoms with Gasteiger partial charge >= 0.3 is 0 Å². The molecule has 17 heavy (non-hydrogen) atoms. The van der Waals surface area contributed by atoms with Crippen LogP contribution >= 0.6 is 11.3 Å². The SMILES string of the molecule is c1csc(CNC23CC4CC(C2)NC(C4)C3)c1. The van der Waals surface area contributed by atoms with E-state index in [9.17, 15) is 0 Å². The number of piperidine rings is 2. The van der Waals surface area contributed by atoms with Gasteiger partial charge in [0.1, 0.15) is 0 Å². The van der Waals surface area contributed by atoms with Gasteiger partial charge in [0.2, 0.25) is 0 Å². The summed E-state index contributed by atoms with van der Waals surface area (Å²) in [5.41, 5.74) is 0.464. The van der Waals surface area contributed by atoms with Crippen LogP contribution in [0.4, 0.5) is 0 Å². The Bertz CT molecular complexity index is 363. The molecule has 2 atom stereocenters. The van der Waals surface area contributed by atoms with Crippen molar-refractivity contribution in [1.29, 1.82) is 0 Å². The van der Waals surface area contributed by atoms with E-state index in [2.05, 4.69) is 28.1 Å². The molecule has 2 unspecified atom stereocenters.